The second-order valence-corrected chi connectivity index (χ2v) is 3.42. The molecule has 0 saturated carbocycles. The van der Waals surface area contributed by atoms with Crippen LogP contribution in [-0.4, -0.2) is 28.3 Å². The number of rotatable bonds is 5. The molecule has 0 aliphatic heterocycles. The maximum absolute atomic E-state index is 11.5. The Balaban J connectivity index is 2.75. The number of nitrogens with zero attached hydrogens (tertiary/aromatic N) is 1. The third-order valence-electron chi connectivity index (χ3n) is 2.19. The summed E-state index contributed by atoms with van der Waals surface area (Å²) in [5, 5.41) is 20.0. The van der Waals surface area contributed by atoms with Crippen molar-refractivity contribution in [3.63, 3.8) is 0 Å². The first-order valence-electron chi connectivity index (χ1n) is 5.13. The van der Waals surface area contributed by atoms with Gasteiger partial charge in [0, 0.05) is 0 Å². The van der Waals surface area contributed by atoms with E-state index < -0.39 is 23.2 Å². The second-order valence-electron chi connectivity index (χ2n) is 3.42. The number of hydrogen-bond acceptors (Lipinski definition) is 5. The number of benzene rings is 1. The monoisotopic (exact) mass is 239 g/mol. The van der Waals surface area contributed by atoms with E-state index in [9.17, 15) is 20.0 Å². The molecule has 1 aromatic rings. The van der Waals surface area contributed by atoms with Gasteiger partial charge in [-0.1, -0.05) is 25.1 Å². The Morgan fingerprint density at radius 3 is 2.53 bits per heavy atom. The van der Waals surface area contributed by atoms with Crippen LogP contribution in [0.1, 0.15) is 23.7 Å². The first kappa shape index (κ1) is 13.1. The summed E-state index contributed by atoms with van der Waals surface area (Å²) in [6.07, 6.45) is -2.90. The number of carbonyl (C=O) groups is 1. The molecule has 2 unspecified atom stereocenters. The van der Waals surface area contributed by atoms with Crippen molar-refractivity contribution in [2.24, 2.45) is 0 Å². The molecule has 6 heteroatoms. The predicted molar refractivity (Wildman–Crippen MR) is 58.9 cm³/mol. The van der Waals surface area contributed by atoms with E-state index in [0.29, 0.717) is 0 Å². The number of aliphatic hydroxyl groups is 1. The van der Waals surface area contributed by atoms with Gasteiger partial charge in [-0.25, -0.2) is 4.79 Å². The van der Waals surface area contributed by atoms with Gasteiger partial charge in [-0.05, 0) is 18.6 Å². The lowest BCUT2D eigenvalue weighted by Gasteiger charge is -2.14. The summed E-state index contributed by atoms with van der Waals surface area (Å²) in [6.45, 7) is 1.57. The van der Waals surface area contributed by atoms with Gasteiger partial charge >= 0.3 is 12.2 Å². The molecule has 2 atom stereocenters. The highest BCUT2D eigenvalue weighted by molar-refractivity contribution is 5.89. The zero-order valence-electron chi connectivity index (χ0n) is 9.28. The molecule has 0 bridgehead atoms. The summed E-state index contributed by atoms with van der Waals surface area (Å²) in [5.74, 6) is -0.820. The number of aliphatic hydroxyl groups excluding tert-OH is 1. The standard InChI is InChI=1S/C11H13NO5/c1-2-9(13)10(12(15)16)17-11(14)8-6-4-3-5-7-8/h3-7,9-10,13H,2H2,1H3. The number of esters is 1. The first-order valence-corrected chi connectivity index (χ1v) is 5.13. The molecule has 0 aliphatic rings. The van der Waals surface area contributed by atoms with Crippen LogP contribution < -0.4 is 0 Å². The van der Waals surface area contributed by atoms with Crippen molar-refractivity contribution in [3.8, 4) is 0 Å². The average Bonchev–Trinajstić information content (AvgIpc) is 2.35. The zero-order valence-corrected chi connectivity index (χ0v) is 9.28. The third kappa shape index (κ3) is 3.53. The summed E-state index contributed by atoms with van der Waals surface area (Å²) in [7, 11) is 0. The fourth-order valence-corrected chi connectivity index (χ4v) is 1.22. The van der Waals surface area contributed by atoms with Crippen molar-refractivity contribution in [2.45, 2.75) is 25.7 Å². The van der Waals surface area contributed by atoms with Crippen molar-refractivity contribution < 1.29 is 19.6 Å². The van der Waals surface area contributed by atoms with Gasteiger partial charge in [0.15, 0.2) is 6.10 Å². The molecule has 92 valence electrons. The van der Waals surface area contributed by atoms with Crippen LogP contribution in [0.25, 0.3) is 0 Å². The van der Waals surface area contributed by atoms with Crippen LogP contribution in [0.15, 0.2) is 30.3 Å². The van der Waals surface area contributed by atoms with Crippen LogP contribution >= 0.6 is 0 Å². The van der Waals surface area contributed by atoms with Gasteiger partial charge in [0.05, 0.1) is 10.5 Å². The quantitative estimate of drug-likeness (QED) is 0.361. The maximum atomic E-state index is 11.5. The summed E-state index contributed by atoms with van der Waals surface area (Å²) in [4.78, 5) is 21.4. The molecular weight excluding hydrogens is 226 g/mol. The van der Waals surface area contributed by atoms with Gasteiger partial charge in [-0.2, -0.15) is 0 Å². The molecule has 0 aromatic heterocycles. The molecule has 1 rings (SSSR count). The Kier molecular flexibility index (Phi) is 4.59. The Labute approximate surface area is 98.0 Å². The maximum Gasteiger partial charge on any atom is 0.382 e. The van der Waals surface area contributed by atoms with Crippen molar-refractivity contribution in [3.05, 3.63) is 46.0 Å². The van der Waals surface area contributed by atoms with E-state index in [1.807, 2.05) is 0 Å². The molecule has 0 spiro atoms. The minimum atomic E-state index is -1.73. The molecule has 1 aromatic carbocycles. The highest BCUT2D eigenvalue weighted by atomic mass is 16.7. The van der Waals surface area contributed by atoms with Crippen LogP contribution in [0.2, 0.25) is 0 Å². The lowest BCUT2D eigenvalue weighted by atomic mass is 10.2. The smallest absolute Gasteiger partial charge is 0.382 e. The minimum absolute atomic E-state index is 0.133. The average molecular weight is 239 g/mol. The number of ether oxygens (including phenoxy) is 1. The fourth-order valence-electron chi connectivity index (χ4n) is 1.22. The lowest BCUT2D eigenvalue weighted by molar-refractivity contribution is -0.579. The van der Waals surface area contributed by atoms with Crippen LogP contribution in [0, 0.1) is 10.1 Å². The molecule has 6 nitrogen and oxygen atoms in total. The van der Waals surface area contributed by atoms with Crippen LogP contribution in [-0.2, 0) is 4.74 Å². The largest absolute Gasteiger partial charge is 0.392 e. The molecule has 0 heterocycles. The van der Waals surface area contributed by atoms with E-state index in [1.54, 1.807) is 25.1 Å². The molecule has 1 N–H and O–H groups in total. The van der Waals surface area contributed by atoms with Gasteiger partial charge in [-0.15, -0.1) is 0 Å². The molecule has 17 heavy (non-hydrogen) atoms. The summed E-state index contributed by atoms with van der Waals surface area (Å²) in [6, 6.07) is 7.92. The Morgan fingerprint density at radius 1 is 1.47 bits per heavy atom. The molecule has 0 radical (unpaired) electrons. The van der Waals surface area contributed by atoms with Gasteiger partial charge < -0.3 is 9.84 Å². The van der Waals surface area contributed by atoms with E-state index in [-0.39, 0.29) is 12.0 Å². The van der Waals surface area contributed by atoms with Gasteiger partial charge in [0.1, 0.15) is 0 Å². The van der Waals surface area contributed by atoms with Crippen molar-refractivity contribution in [1.29, 1.82) is 0 Å². The molecule has 0 saturated heterocycles. The first-order chi connectivity index (χ1) is 8.06. The third-order valence-corrected chi connectivity index (χ3v) is 2.19. The van der Waals surface area contributed by atoms with E-state index in [1.165, 1.54) is 12.1 Å². The van der Waals surface area contributed by atoms with E-state index in [0.717, 1.165) is 0 Å². The van der Waals surface area contributed by atoms with E-state index >= 15 is 0 Å². The van der Waals surface area contributed by atoms with E-state index in [4.69, 9.17) is 0 Å². The summed E-state index contributed by atoms with van der Waals surface area (Å²) < 4.78 is 4.66. The van der Waals surface area contributed by atoms with Crippen molar-refractivity contribution in [2.75, 3.05) is 0 Å². The predicted octanol–water partition coefficient (Wildman–Crippen LogP) is 1.22. The normalized spacial score (nSPS) is 13.8. The van der Waals surface area contributed by atoms with Crippen LogP contribution in [0.3, 0.4) is 0 Å². The Morgan fingerprint density at radius 2 is 2.06 bits per heavy atom. The number of hydrogen-bond donors (Lipinski definition) is 1. The van der Waals surface area contributed by atoms with Gasteiger partial charge in [-0.3, -0.25) is 10.1 Å². The van der Waals surface area contributed by atoms with Crippen LogP contribution in [0.5, 0.6) is 0 Å². The topological polar surface area (TPSA) is 89.7 Å². The van der Waals surface area contributed by atoms with Crippen LogP contribution in [0.4, 0.5) is 0 Å². The Bertz CT molecular complexity index is 392. The summed E-state index contributed by atoms with van der Waals surface area (Å²) >= 11 is 0. The number of nitro groups is 1. The minimum Gasteiger partial charge on any atom is -0.392 e. The Hall–Kier alpha value is -1.95. The highest BCUT2D eigenvalue weighted by Crippen LogP contribution is 2.09. The van der Waals surface area contributed by atoms with E-state index in [2.05, 4.69) is 4.74 Å². The van der Waals surface area contributed by atoms with Crippen molar-refractivity contribution >= 4 is 5.97 Å². The lowest BCUT2D eigenvalue weighted by Crippen LogP contribution is -2.37. The fraction of sp³-hybridized carbons (Fsp3) is 0.364. The number of carbonyl (C=O) groups excluding carboxylic acids is 1. The molecule has 0 aliphatic carbocycles. The second kappa shape index (κ2) is 5.95. The van der Waals surface area contributed by atoms with Gasteiger partial charge in [0.2, 0.25) is 0 Å². The highest BCUT2D eigenvalue weighted by Gasteiger charge is 2.32. The zero-order chi connectivity index (χ0) is 12.8. The molecule has 0 amide bonds. The molecule has 0 fully saturated rings. The van der Waals surface area contributed by atoms with Gasteiger partial charge in [0.25, 0.3) is 0 Å². The molecular formula is C11H13NO5. The summed E-state index contributed by atoms with van der Waals surface area (Å²) in [5.41, 5.74) is 0.211. The SMILES string of the molecule is CCC(O)C(OC(=O)c1ccccc1)[N+](=O)[O-]. The van der Waals surface area contributed by atoms with Crippen molar-refractivity contribution in [1.82, 2.24) is 0 Å².